The van der Waals surface area contributed by atoms with Crippen molar-refractivity contribution in [1.82, 2.24) is 14.9 Å². The Labute approximate surface area is 153 Å². The van der Waals surface area contributed by atoms with Gasteiger partial charge in [0.25, 0.3) is 0 Å². The molecule has 0 saturated carbocycles. The molecule has 26 heavy (non-hydrogen) atoms. The third-order valence-corrected chi connectivity index (χ3v) is 4.33. The van der Waals surface area contributed by atoms with Gasteiger partial charge in [-0.3, -0.25) is 4.90 Å². The van der Waals surface area contributed by atoms with Gasteiger partial charge in [-0.05, 0) is 36.7 Å². The number of hydrogen-bond donors (Lipinski definition) is 2. The van der Waals surface area contributed by atoms with E-state index in [1.54, 1.807) is 0 Å². The SMILES string of the molecule is CCc1ccc(CN(C)C/C(O)=C(\C#N)c2nc3ccccc3[nH]2)cc1. The normalized spacial score (nSPS) is 12.2. The Morgan fingerprint density at radius 3 is 2.50 bits per heavy atom. The summed E-state index contributed by atoms with van der Waals surface area (Å²) in [7, 11) is 1.91. The van der Waals surface area contributed by atoms with Crippen LogP contribution in [0.4, 0.5) is 0 Å². The summed E-state index contributed by atoms with van der Waals surface area (Å²) >= 11 is 0. The van der Waals surface area contributed by atoms with E-state index in [4.69, 9.17) is 0 Å². The Morgan fingerprint density at radius 1 is 1.15 bits per heavy atom. The number of rotatable bonds is 6. The summed E-state index contributed by atoms with van der Waals surface area (Å²) in [6.07, 6.45) is 1.02. The minimum atomic E-state index is 0.0132. The van der Waals surface area contributed by atoms with Crippen LogP contribution in [0.3, 0.4) is 0 Å². The topological polar surface area (TPSA) is 75.9 Å². The second kappa shape index (κ2) is 7.85. The lowest BCUT2D eigenvalue weighted by Crippen LogP contribution is -2.21. The summed E-state index contributed by atoms with van der Waals surface area (Å²) in [5.74, 6) is 0.408. The number of aryl methyl sites for hydroxylation is 1. The molecule has 0 radical (unpaired) electrons. The first-order chi connectivity index (χ1) is 12.6. The molecule has 5 nitrogen and oxygen atoms in total. The number of nitriles is 1. The van der Waals surface area contributed by atoms with Crippen molar-refractivity contribution < 1.29 is 5.11 Å². The molecule has 2 aromatic carbocycles. The lowest BCUT2D eigenvalue weighted by molar-refractivity contribution is 0.286. The first-order valence-corrected chi connectivity index (χ1v) is 8.64. The number of aromatic amines is 1. The minimum absolute atomic E-state index is 0.0132. The lowest BCUT2D eigenvalue weighted by Gasteiger charge is -2.17. The van der Waals surface area contributed by atoms with Gasteiger partial charge < -0.3 is 10.1 Å². The number of nitrogens with one attached hydrogen (secondary N) is 1. The molecule has 0 amide bonds. The van der Waals surface area contributed by atoms with E-state index in [9.17, 15) is 10.4 Å². The fourth-order valence-electron chi connectivity index (χ4n) is 2.91. The van der Waals surface area contributed by atoms with Gasteiger partial charge in [0.1, 0.15) is 17.4 Å². The average molecular weight is 346 g/mol. The number of likely N-dealkylation sites (N-methyl/N-ethyl adjacent to an activating group) is 1. The van der Waals surface area contributed by atoms with Gasteiger partial charge >= 0.3 is 0 Å². The Balaban J connectivity index is 1.76. The predicted octanol–water partition coefficient (Wildman–Crippen LogP) is 4.05. The number of nitrogens with zero attached hydrogens (tertiary/aromatic N) is 3. The van der Waals surface area contributed by atoms with Crippen LogP contribution in [0.25, 0.3) is 16.6 Å². The van der Waals surface area contributed by atoms with Crippen LogP contribution in [0.15, 0.2) is 54.3 Å². The van der Waals surface area contributed by atoms with Crippen LogP contribution in [0.1, 0.15) is 23.9 Å². The summed E-state index contributed by atoms with van der Waals surface area (Å²) in [6, 6.07) is 18.1. The highest BCUT2D eigenvalue weighted by Crippen LogP contribution is 2.19. The third kappa shape index (κ3) is 3.93. The van der Waals surface area contributed by atoms with Gasteiger partial charge in [0.05, 0.1) is 17.6 Å². The number of para-hydroxylation sites is 2. The van der Waals surface area contributed by atoms with Crippen LogP contribution in [0, 0.1) is 11.3 Å². The zero-order chi connectivity index (χ0) is 18.5. The van der Waals surface area contributed by atoms with E-state index in [0.29, 0.717) is 12.4 Å². The van der Waals surface area contributed by atoms with E-state index in [1.165, 1.54) is 11.1 Å². The number of allylic oxidation sites excluding steroid dienone is 1. The molecule has 1 aromatic heterocycles. The van der Waals surface area contributed by atoms with E-state index < -0.39 is 0 Å². The molecule has 0 spiro atoms. The highest BCUT2D eigenvalue weighted by Gasteiger charge is 2.14. The molecule has 0 unspecified atom stereocenters. The van der Waals surface area contributed by atoms with Crippen molar-refractivity contribution in [3.8, 4) is 6.07 Å². The molecule has 0 bridgehead atoms. The highest BCUT2D eigenvalue weighted by molar-refractivity contribution is 5.82. The number of aromatic nitrogens is 2. The Bertz CT molecular complexity index is 931. The summed E-state index contributed by atoms with van der Waals surface area (Å²) < 4.78 is 0. The summed E-state index contributed by atoms with van der Waals surface area (Å²) in [5.41, 5.74) is 4.25. The number of H-pyrrole nitrogens is 1. The number of benzene rings is 2. The van der Waals surface area contributed by atoms with Gasteiger partial charge in [0.15, 0.2) is 5.82 Å². The highest BCUT2D eigenvalue weighted by atomic mass is 16.3. The van der Waals surface area contributed by atoms with Crippen LogP contribution < -0.4 is 0 Å². The molecule has 0 saturated heterocycles. The molecule has 132 valence electrons. The Morgan fingerprint density at radius 2 is 1.85 bits per heavy atom. The van der Waals surface area contributed by atoms with Gasteiger partial charge in [-0.2, -0.15) is 5.26 Å². The number of fused-ring (bicyclic) bond motifs is 1. The summed E-state index contributed by atoms with van der Waals surface area (Å²) in [4.78, 5) is 9.46. The maximum Gasteiger partial charge on any atom is 0.152 e. The summed E-state index contributed by atoms with van der Waals surface area (Å²) in [5, 5.41) is 20.0. The van der Waals surface area contributed by atoms with Crippen LogP contribution in [-0.2, 0) is 13.0 Å². The number of aliphatic hydroxyl groups excluding tert-OH is 1. The molecule has 0 aliphatic rings. The van der Waals surface area contributed by atoms with Crippen LogP contribution >= 0.6 is 0 Å². The van der Waals surface area contributed by atoms with Gasteiger partial charge in [-0.25, -0.2) is 4.98 Å². The molecule has 0 aliphatic heterocycles. The molecule has 3 aromatic rings. The van der Waals surface area contributed by atoms with Crippen LogP contribution in [-0.4, -0.2) is 33.6 Å². The van der Waals surface area contributed by atoms with Gasteiger partial charge in [-0.1, -0.05) is 43.3 Å². The monoisotopic (exact) mass is 346 g/mol. The molecule has 0 atom stereocenters. The maximum absolute atomic E-state index is 10.5. The van der Waals surface area contributed by atoms with E-state index in [-0.39, 0.29) is 17.9 Å². The molecule has 0 aliphatic carbocycles. The van der Waals surface area contributed by atoms with Crippen LogP contribution in [0.2, 0.25) is 0 Å². The zero-order valence-electron chi connectivity index (χ0n) is 15.0. The quantitative estimate of drug-likeness (QED) is 0.521. The standard InChI is InChI=1S/C21H22N4O/c1-3-15-8-10-16(11-9-15)13-25(2)14-20(26)17(12-22)21-23-18-6-4-5-7-19(18)24-21/h4-11,26H,3,13-14H2,1-2H3,(H,23,24)/b20-17-. The molecule has 2 N–H and O–H groups in total. The zero-order valence-corrected chi connectivity index (χ0v) is 15.0. The van der Waals surface area contributed by atoms with Crippen molar-refractivity contribution in [2.24, 2.45) is 0 Å². The van der Waals surface area contributed by atoms with E-state index >= 15 is 0 Å². The number of hydrogen-bond acceptors (Lipinski definition) is 4. The fourth-order valence-corrected chi connectivity index (χ4v) is 2.91. The van der Waals surface area contributed by atoms with Crippen LogP contribution in [0.5, 0.6) is 0 Å². The lowest BCUT2D eigenvalue weighted by atomic mass is 10.1. The van der Waals surface area contributed by atoms with Crippen molar-refractivity contribution in [3.63, 3.8) is 0 Å². The second-order valence-electron chi connectivity index (χ2n) is 6.38. The maximum atomic E-state index is 10.5. The number of imidazole rings is 1. The van der Waals surface area contributed by atoms with Crippen molar-refractivity contribution in [1.29, 1.82) is 5.26 Å². The molecule has 0 fully saturated rings. The van der Waals surface area contributed by atoms with E-state index in [1.807, 2.05) is 36.2 Å². The smallest absolute Gasteiger partial charge is 0.152 e. The Kier molecular flexibility index (Phi) is 5.35. The first kappa shape index (κ1) is 17.7. The fraction of sp³-hybridized carbons (Fsp3) is 0.238. The van der Waals surface area contributed by atoms with E-state index in [2.05, 4.69) is 47.2 Å². The van der Waals surface area contributed by atoms with Gasteiger partial charge in [0, 0.05) is 6.54 Å². The van der Waals surface area contributed by atoms with E-state index in [0.717, 1.165) is 17.5 Å². The molecular formula is C21H22N4O. The Hall–Kier alpha value is -3.10. The van der Waals surface area contributed by atoms with Gasteiger partial charge in [-0.15, -0.1) is 0 Å². The van der Waals surface area contributed by atoms with Crippen molar-refractivity contribution in [2.75, 3.05) is 13.6 Å². The molecular weight excluding hydrogens is 324 g/mol. The first-order valence-electron chi connectivity index (χ1n) is 8.64. The summed E-state index contributed by atoms with van der Waals surface area (Å²) in [6.45, 7) is 3.09. The van der Waals surface area contributed by atoms with Crippen molar-refractivity contribution in [2.45, 2.75) is 19.9 Å². The van der Waals surface area contributed by atoms with Crippen molar-refractivity contribution in [3.05, 3.63) is 71.2 Å². The molecule has 1 heterocycles. The molecule has 3 rings (SSSR count). The molecule has 5 heteroatoms. The van der Waals surface area contributed by atoms with Gasteiger partial charge in [0.2, 0.25) is 0 Å². The van der Waals surface area contributed by atoms with Crippen molar-refractivity contribution >= 4 is 16.6 Å². The number of aliphatic hydroxyl groups is 1. The second-order valence-corrected chi connectivity index (χ2v) is 6.38. The average Bonchev–Trinajstić information content (AvgIpc) is 3.06. The predicted molar refractivity (Wildman–Crippen MR) is 103 cm³/mol. The third-order valence-electron chi connectivity index (χ3n) is 4.33. The minimum Gasteiger partial charge on any atom is -0.509 e. The largest absolute Gasteiger partial charge is 0.509 e.